The Hall–Kier alpha value is -6.67. The highest BCUT2D eigenvalue weighted by molar-refractivity contribution is 9.11. The lowest BCUT2D eigenvalue weighted by atomic mass is 9.31. The molecule has 0 N–H and O–H groups in total. The van der Waals surface area contributed by atoms with E-state index in [9.17, 15) is 0 Å². The first-order chi connectivity index (χ1) is 45.1. The average molecular weight is 1510 g/mol. The Morgan fingerprint density at radius 1 is 0.271 bits per heavy atom. The van der Waals surface area contributed by atoms with Gasteiger partial charge in [0.05, 0.1) is 0 Å². The third kappa shape index (κ3) is 9.68. The molecule has 4 aliphatic rings. The minimum absolute atomic E-state index is 0.0973. The van der Waals surface area contributed by atoms with Gasteiger partial charge in [-0.2, -0.15) is 0 Å². The summed E-state index contributed by atoms with van der Waals surface area (Å²) in [6.45, 7) is 43.5. The van der Waals surface area contributed by atoms with Crippen LogP contribution in [0.3, 0.4) is 0 Å². The highest BCUT2D eigenvalue weighted by Crippen LogP contribution is 2.57. The van der Waals surface area contributed by atoms with Crippen molar-refractivity contribution < 1.29 is 0 Å². The predicted octanol–water partition coefficient (Wildman–Crippen LogP) is 23.3. The van der Waals surface area contributed by atoms with E-state index in [0.717, 1.165) is 29.3 Å². The molecule has 8 heteroatoms. The second-order valence-electron chi connectivity index (χ2n) is 34.2. The van der Waals surface area contributed by atoms with Gasteiger partial charge >= 0.3 is 0 Å². The van der Waals surface area contributed by atoms with E-state index in [2.05, 4.69) is 368 Å². The largest absolute Gasteiger partial charge is 0.311 e. The summed E-state index contributed by atoms with van der Waals surface area (Å²) in [5, 5.41) is 8.02. The Morgan fingerprint density at radius 3 is 0.906 bits per heavy atom. The first-order valence-corrected chi connectivity index (χ1v) is 37.5. The number of fused-ring (bicyclic) bond motifs is 8. The van der Waals surface area contributed by atoms with Gasteiger partial charge in [-0.25, -0.2) is 0 Å². The molecule has 0 aromatic heterocycles. The molecular weight excluding hydrogens is 1430 g/mol. The van der Waals surface area contributed by atoms with E-state index in [1.165, 1.54) is 166 Å². The summed E-state index contributed by atoms with van der Waals surface area (Å²) in [4.78, 5) is 5.06. The van der Waals surface area contributed by atoms with Crippen molar-refractivity contribution >= 4 is 176 Å². The molecule has 0 amide bonds. The lowest BCUT2D eigenvalue weighted by Crippen LogP contribution is -2.60. The summed E-state index contributed by atoms with van der Waals surface area (Å²) >= 11 is 16.6. The van der Waals surface area contributed by atoms with Crippen molar-refractivity contribution in [1.29, 1.82) is 0 Å². The SMILES string of the molecule is CC(C)(C)c1cc(C(C)(C)C)c(-c2cc3c4c(cc5c(-c6c(C(C)(C)C)cc(C(C)(C)C)cc6C(C)(C)C)cc6c7c(cc2c4c57)B2c4ccc(Br)cc4N(c4ccccc4)c4cc(Br)cc-6c42)B2c4ccc(Br)cc4N(c4ccccc4)c4cc(Br)cc-3c42)c(C(C)(C)C)c1. The molecule has 0 saturated heterocycles. The smallest absolute Gasteiger partial charge is 0.248 e. The second-order valence-corrected chi connectivity index (χ2v) is 37.9. The van der Waals surface area contributed by atoms with Crippen LogP contribution in [0.15, 0.2) is 188 Å². The van der Waals surface area contributed by atoms with Gasteiger partial charge in [0.2, 0.25) is 13.4 Å². The van der Waals surface area contributed by atoms with E-state index in [4.69, 9.17) is 0 Å². The van der Waals surface area contributed by atoms with Crippen molar-refractivity contribution in [2.24, 2.45) is 0 Å². The van der Waals surface area contributed by atoms with E-state index in [-0.39, 0.29) is 45.9 Å². The van der Waals surface area contributed by atoms with E-state index in [1.807, 2.05) is 0 Å². The van der Waals surface area contributed by atoms with Crippen LogP contribution in [-0.4, -0.2) is 13.4 Å². The molecular formula is C88H82B2Br4N2. The van der Waals surface area contributed by atoms with E-state index >= 15 is 0 Å². The zero-order chi connectivity index (χ0) is 67.9. The third-order valence-corrected chi connectivity index (χ3v) is 23.5. The molecule has 4 heterocycles. The molecule has 0 bridgehead atoms. The quantitative estimate of drug-likeness (QED) is 0.128. The van der Waals surface area contributed by atoms with Crippen LogP contribution in [0.25, 0.3) is 76.8 Å². The molecule has 0 radical (unpaired) electrons. The molecule has 0 spiro atoms. The van der Waals surface area contributed by atoms with Crippen molar-refractivity contribution in [3.63, 3.8) is 0 Å². The van der Waals surface area contributed by atoms with Gasteiger partial charge in [-0.1, -0.05) is 284 Å². The molecule has 12 aromatic rings. The Morgan fingerprint density at radius 2 is 0.594 bits per heavy atom. The van der Waals surface area contributed by atoms with E-state index in [0.29, 0.717) is 0 Å². The number of rotatable bonds is 4. The van der Waals surface area contributed by atoms with Crippen molar-refractivity contribution in [2.45, 2.75) is 157 Å². The predicted molar refractivity (Wildman–Crippen MR) is 434 cm³/mol. The summed E-state index contributed by atoms with van der Waals surface area (Å²) in [6.07, 6.45) is 0. The van der Waals surface area contributed by atoms with Crippen molar-refractivity contribution in [3.8, 4) is 44.5 Å². The average Bonchev–Trinajstić information content (AvgIpc) is 0.663. The standard InChI is InChI=1S/C88H82B2Br4N2/c1-83(2,3)47-33-63(85(7,8)9)75(64(34-47)86(10,11)12)55-43-57-61-37-51(93)41-73-81(61)90(68-32-30-50(92)40-72(68)95(73)53-25-21-19-22-26-53)70-46-60-56(76-65(87(13,14)15)35-48(84(4,5)6)36-66(76)88(16,17)18)44-58-62-38-52(94)42-74-82(62)89(69-45-59(55)79(77(57)70)80(60)78(58)69)67-31-29-49(91)39-71(67)96(74)54-27-23-20-24-28-54/h19-46H,1-18H3. The molecule has 0 fully saturated rings. The monoisotopic (exact) mass is 1500 g/mol. The van der Waals surface area contributed by atoms with Crippen LogP contribution in [0.1, 0.15) is 158 Å². The van der Waals surface area contributed by atoms with Crippen LogP contribution in [0.5, 0.6) is 0 Å². The maximum atomic E-state index is 4.27. The fourth-order valence-electron chi connectivity index (χ4n) is 17.1. The molecule has 478 valence electrons. The van der Waals surface area contributed by atoms with Crippen LogP contribution in [0.4, 0.5) is 34.1 Å². The maximum Gasteiger partial charge on any atom is 0.248 e. The van der Waals surface area contributed by atoms with Gasteiger partial charge in [0.25, 0.3) is 0 Å². The third-order valence-electron chi connectivity index (χ3n) is 21.6. The molecule has 0 unspecified atom stereocenters. The topological polar surface area (TPSA) is 6.48 Å². The fraction of sp³-hybridized carbons (Fsp3) is 0.273. The zero-order valence-corrected chi connectivity index (χ0v) is 65.1. The number of benzene rings is 12. The van der Waals surface area contributed by atoms with Crippen molar-refractivity contribution in [3.05, 3.63) is 221 Å². The molecule has 4 aliphatic heterocycles. The zero-order valence-electron chi connectivity index (χ0n) is 58.7. The van der Waals surface area contributed by atoms with E-state index in [1.54, 1.807) is 0 Å². The molecule has 96 heavy (non-hydrogen) atoms. The van der Waals surface area contributed by atoms with Crippen molar-refractivity contribution in [2.75, 3.05) is 9.80 Å². The van der Waals surface area contributed by atoms with Gasteiger partial charge in [-0.15, -0.1) is 0 Å². The highest BCUT2D eigenvalue weighted by Gasteiger charge is 2.47. The number of halogens is 4. The highest BCUT2D eigenvalue weighted by atomic mass is 79.9. The first-order valence-electron chi connectivity index (χ1n) is 34.3. The summed E-state index contributed by atoms with van der Waals surface area (Å²) in [5.41, 5.74) is 32.5. The summed E-state index contributed by atoms with van der Waals surface area (Å²) in [5.74, 6) is 0. The van der Waals surface area contributed by atoms with Gasteiger partial charge in [0.1, 0.15) is 0 Å². The van der Waals surface area contributed by atoms with Crippen LogP contribution in [0.2, 0.25) is 0 Å². The van der Waals surface area contributed by atoms with Crippen LogP contribution in [-0.2, 0) is 32.5 Å². The molecule has 2 nitrogen and oxygen atoms in total. The van der Waals surface area contributed by atoms with Gasteiger partial charge in [-0.05, 0) is 249 Å². The molecule has 0 aliphatic carbocycles. The number of para-hydroxylation sites is 2. The Labute approximate surface area is 603 Å². The molecule has 12 aromatic carbocycles. The van der Waals surface area contributed by atoms with Gasteiger partial charge < -0.3 is 9.80 Å². The minimum Gasteiger partial charge on any atom is -0.311 e. The fourth-order valence-corrected chi connectivity index (χ4v) is 18.7. The van der Waals surface area contributed by atoms with Crippen molar-refractivity contribution in [1.82, 2.24) is 0 Å². The Kier molecular flexibility index (Phi) is 14.3. The van der Waals surface area contributed by atoms with Gasteiger partial charge in [-0.3, -0.25) is 0 Å². The van der Waals surface area contributed by atoms with Gasteiger partial charge in [0.15, 0.2) is 0 Å². The minimum atomic E-state index is -0.241. The lowest BCUT2D eigenvalue weighted by Gasteiger charge is -2.43. The number of hydrogen-bond donors (Lipinski definition) is 0. The Bertz CT molecular complexity index is 4950. The molecule has 16 rings (SSSR count). The number of hydrogen-bond acceptors (Lipinski definition) is 2. The summed E-state index contributed by atoms with van der Waals surface area (Å²) in [7, 11) is 0. The molecule has 0 saturated carbocycles. The van der Waals surface area contributed by atoms with Crippen LogP contribution in [0, 0.1) is 0 Å². The van der Waals surface area contributed by atoms with Crippen LogP contribution < -0.4 is 42.6 Å². The molecule has 0 atom stereocenters. The van der Waals surface area contributed by atoms with E-state index < -0.39 is 0 Å². The summed E-state index contributed by atoms with van der Waals surface area (Å²) in [6, 6.07) is 67.2. The summed E-state index contributed by atoms with van der Waals surface area (Å²) < 4.78 is 4.22. The first kappa shape index (κ1) is 64.0. The number of nitrogens with zero attached hydrogens (tertiary/aromatic N) is 2. The second kappa shape index (κ2) is 21.4. The lowest BCUT2D eigenvalue weighted by molar-refractivity contribution is 0.550. The maximum absolute atomic E-state index is 4.27. The normalized spacial score (nSPS) is 14.3. The van der Waals surface area contributed by atoms with Gasteiger partial charge in [0, 0.05) is 52.0 Å². The van der Waals surface area contributed by atoms with Crippen LogP contribution >= 0.6 is 63.7 Å². The Balaban J connectivity index is 1.21. The number of anilines is 6.